The van der Waals surface area contributed by atoms with Gasteiger partial charge >= 0.3 is 0 Å². The normalized spacial score (nSPS) is 22.7. The van der Waals surface area contributed by atoms with Crippen molar-refractivity contribution >= 4 is 30.0 Å². The Labute approximate surface area is 112 Å². The minimum absolute atomic E-state index is 0.165. The predicted octanol–water partition coefficient (Wildman–Crippen LogP) is 2.10. The zero-order valence-corrected chi connectivity index (χ0v) is 11.0. The Morgan fingerprint density at radius 2 is 2.11 bits per heavy atom. The van der Waals surface area contributed by atoms with Crippen LogP contribution in [0.25, 0.3) is 0 Å². The zero-order chi connectivity index (χ0) is 12.7. The average Bonchev–Trinajstić information content (AvgIpc) is 2.93. The molecule has 1 aromatic rings. The van der Waals surface area contributed by atoms with Gasteiger partial charge in [0.1, 0.15) is 0 Å². The third-order valence-corrected chi connectivity index (χ3v) is 4.30. The van der Waals surface area contributed by atoms with Crippen molar-refractivity contribution in [3.8, 4) is 0 Å². The standard InChI is InChI=1S/C14H15NO2S/c16-13-4-1-10-6-11(2-3-12(10)13)15-7-9(8-18)5-14(15)17/h2-3,6,9,18H,1,4-5,7-8H2. The van der Waals surface area contributed by atoms with Gasteiger partial charge in [-0.1, -0.05) is 0 Å². The summed E-state index contributed by atoms with van der Waals surface area (Å²) in [5, 5.41) is 0. The Morgan fingerprint density at radius 3 is 2.83 bits per heavy atom. The first-order valence-corrected chi connectivity index (χ1v) is 6.89. The van der Waals surface area contributed by atoms with Gasteiger partial charge in [0.05, 0.1) is 0 Å². The van der Waals surface area contributed by atoms with E-state index in [2.05, 4.69) is 12.6 Å². The van der Waals surface area contributed by atoms with Crippen LogP contribution in [0.1, 0.15) is 28.8 Å². The first kappa shape index (κ1) is 11.8. The molecule has 94 valence electrons. The summed E-state index contributed by atoms with van der Waals surface area (Å²) in [6.07, 6.45) is 1.99. The summed E-state index contributed by atoms with van der Waals surface area (Å²) in [6.45, 7) is 0.745. The van der Waals surface area contributed by atoms with Gasteiger partial charge in [-0.3, -0.25) is 9.59 Å². The van der Waals surface area contributed by atoms with E-state index in [1.54, 1.807) is 0 Å². The van der Waals surface area contributed by atoms with Crippen molar-refractivity contribution in [2.75, 3.05) is 17.2 Å². The lowest BCUT2D eigenvalue weighted by atomic mass is 10.1. The number of Topliss-reactive ketones (excluding diaryl/α,β-unsaturated/α-hetero) is 1. The lowest BCUT2D eigenvalue weighted by molar-refractivity contribution is -0.117. The van der Waals surface area contributed by atoms with Crippen molar-refractivity contribution in [2.24, 2.45) is 5.92 Å². The van der Waals surface area contributed by atoms with Crippen LogP contribution < -0.4 is 4.90 Å². The Bertz CT molecular complexity index is 527. The largest absolute Gasteiger partial charge is 0.312 e. The predicted molar refractivity (Wildman–Crippen MR) is 73.4 cm³/mol. The zero-order valence-electron chi connectivity index (χ0n) is 10.1. The molecule has 0 spiro atoms. The summed E-state index contributed by atoms with van der Waals surface area (Å²) >= 11 is 4.26. The molecule has 0 saturated carbocycles. The smallest absolute Gasteiger partial charge is 0.227 e. The molecular weight excluding hydrogens is 246 g/mol. The average molecular weight is 261 g/mol. The van der Waals surface area contributed by atoms with Crippen molar-refractivity contribution in [3.05, 3.63) is 29.3 Å². The Morgan fingerprint density at radius 1 is 1.28 bits per heavy atom. The molecule has 0 N–H and O–H groups in total. The van der Waals surface area contributed by atoms with Crippen LogP contribution in [0.2, 0.25) is 0 Å². The first-order chi connectivity index (χ1) is 8.69. The molecule has 0 bridgehead atoms. The maximum atomic E-state index is 11.9. The number of carbonyl (C=O) groups excluding carboxylic acids is 2. The number of amides is 1. The highest BCUT2D eigenvalue weighted by Crippen LogP contribution is 2.30. The number of anilines is 1. The molecule has 1 aliphatic carbocycles. The van der Waals surface area contributed by atoms with Crippen molar-refractivity contribution in [1.82, 2.24) is 0 Å². The minimum Gasteiger partial charge on any atom is -0.312 e. The van der Waals surface area contributed by atoms with Gasteiger partial charge in [-0.15, -0.1) is 0 Å². The molecule has 1 aliphatic heterocycles. The topological polar surface area (TPSA) is 37.4 Å². The van der Waals surface area contributed by atoms with Crippen LogP contribution in [-0.2, 0) is 11.2 Å². The van der Waals surface area contributed by atoms with E-state index in [1.165, 1.54) is 0 Å². The van der Waals surface area contributed by atoms with Gasteiger partial charge in [-0.2, -0.15) is 12.6 Å². The van der Waals surface area contributed by atoms with Gasteiger partial charge in [0.2, 0.25) is 5.91 Å². The summed E-state index contributed by atoms with van der Waals surface area (Å²) in [6, 6.07) is 5.75. The lowest BCUT2D eigenvalue weighted by Gasteiger charge is -2.17. The van der Waals surface area contributed by atoms with Crippen LogP contribution in [0.3, 0.4) is 0 Å². The second-order valence-corrected chi connectivity index (χ2v) is 5.39. The summed E-state index contributed by atoms with van der Waals surface area (Å²) < 4.78 is 0. The van der Waals surface area contributed by atoms with E-state index in [0.29, 0.717) is 18.8 Å². The lowest BCUT2D eigenvalue weighted by Crippen LogP contribution is -2.24. The molecule has 1 aromatic carbocycles. The van der Waals surface area contributed by atoms with Crippen molar-refractivity contribution in [1.29, 1.82) is 0 Å². The number of carbonyl (C=O) groups is 2. The monoisotopic (exact) mass is 261 g/mol. The fourth-order valence-corrected chi connectivity index (χ4v) is 3.01. The van der Waals surface area contributed by atoms with Crippen molar-refractivity contribution in [2.45, 2.75) is 19.3 Å². The molecule has 4 heteroatoms. The van der Waals surface area contributed by atoms with Gasteiger partial charge in [0, 0.05) is 30.6 Å². The molecule has 1 atom stereocenters. The molecule has 0 radical (unpaired) electrons. The number of hydrogen-bond donors (Lipinski definition) is 1. The van der Waals surface area contributed by atoms with E-state index in [1.807, 2.05) is 23.1 Å². The Kier molecular flexibility index (Phi) is 2.90. The summed E-state index contributed by atoms with van der Waals surface area (Å²) in [4.78, 5) is 25.3. The van der Waals surface area contributed by atoms with Gasteiger partial charge in [-0.25, -0.2) is 0 Å². The number of nitrogens with zero attached hydrogens (tertiary/aromatic N) is 1. The van der Waals surface area contributed by atoms with Crippen molar-refractivity contribution in [3.63, 3.8) is 0 Å². The van der Waals surface area contributed by atoms with Crippen LogP contribution in [0.4, 0.5) is 5.69 Å². The molecule has 1 amide bonds. The molecule has 3 nitrogen and oxygen atoms in total. The molecule has 18 heavy (non-hydrogen) atoms. The number of rotatable bonds is 2. The van der Waals surface area contributed by atoms with Crippen LogP contribution in [-0.4, -0.2) is 24.0 Å². The van der Waals surface area contributed by atoms with Crippen LogP contribution >= 0.6 is 12.6 Å². The Hall–Kier alpha value is -1.29. The van der Waals surface area contributed by atoms with Crippen LogP contribution in [0.5, 0.6) is 0 Å². The summed E-state index contributed by atoms with van der Waals surface area (Å²) in [5.41, 5.74) is 2.84. The number of benzene rings is 1. The number of ketones is 1. The quantitative estimate of drug-likeness (QED) is 0.828. The second kappa shape index (κ2) is 4.43. The van der Waals surface area contributed by atoms with E-state index in [9.17, 15) is 9.59 Å². The van der Waals surface area contributed by atoms with E-state index in [0.717, 1.165) is 35.5 Å². The highest BCUT2D eigenvalue weighted by Gasteiger charge is 2.30. The third kappa shape index (κ3) is 1.85. The molecule has 0 aromatic heterocycles. The number of aryl methyl sites for hydroxylation is 1. The maximum Gasteiger partial charge on any atom is 0.227 e. The van der Waals surface area contributed by atoms with Gasteiger partial charge in [0.15, 0.2) is 5.78 Å². The van der Waals surface area contributed by atoms with E-state index in [-0.39, 0.29) is 11.7 Å². The van der Waals surface area contributed by atoms with Gasteiger partial charge in [0.25, 0.3) is 0 Å². The highest BCUT2D eigenvalue weighted by atomic mass is 32.1. The minimum atomic E-state index is 0.165. The van der Waals surface area contributed by atoms with E-state index < -0.39 is 0 Å². The Balaban J connectivity index is 1.90. The maximum absolute atomic E-state index is 11.9. The molecule has 1 unspecified atom stereocenters. The van der Waals surface area contributed by atoms with Crippen LogP contribution in [0, 0.1) is 5.92 Å². The fourth-order valence-electron chi connectivity index (χ4n) is 2.76. The number of thiol groups is 1. The summed E-state index contributed by atoms with van der Waals surface area (Å²) in [7, 11) is 0. The number of fused-ring (bicyclic) bond motifs is 1. The molecule has 1 heterocycles. The molecule has 1 fully saturated rings. The van der Waals surface area contributed by atoms with Gasteiger partial charge in [-0.05, 0) is 41.9 Å². The van der Waals surface area contributed by atoms with Crippen LogP contribution in [0.15, 0.2) is 18.2 Å². The molecule has 1 saturated heterocycles. The second-order valence-electron chi connectivity index (χ2n) is 5.02. The third-order valence-electron chi connectivity index (χ3n) is 3.79. The van der Waals surface area contributed by atoms with E-state index >= 15 is 0 Å². The molecular formula is C14H15NO2S. The van der Waals surface area contributed by atoms with E-state index in [4.69, 9.17) is 0 Å². The fraction of sp³-hybridized carbons (Fsp3) is 0.429. The SMILES string of the molecule is O=C1CCc2cc(N3CC(CS)CC3=O)ccc21. The highest BCUT2D eigenvalue weighted by molar-refractivity contribution is 7.80. The molecule has 3 rings (SSSR count). The first-order valence-electron chi connectivity index (χ1n) is 6.26. The summed E-state index contributed by atoms with van der Waals surface area (Å²) in [5.74, 6) is 1.47. The number of hydrogen-bond acceptors (Lipinski definition) is 3. The molecule has 2 aliphatic rings. The van der Waals surface area contributed by atoms with Gasteiger partial charge < -0.3 is 4.90 Å². The van der Waals surface area contributed by atoms with Crippen molar-refractivity contribution < 1.29 is 9.59 Å².